The minimum Gasteiger partial charge on any atom is -0.493 e. The van der Waals surface area contributed by atoms with Crippen LogP contribution in [0.25, 0.3) is 0 Å². The number of para-hydroxylation sites is 2. The Hall–Kier alpha value is -4.73. The van der Waals surface area contributed by atoms with Crippen molar-refractivity contribution in [1.82, 2.24) is 0 Å². The van der Waals surface area contributed by atoms with Crippen molar-refractivity contribution in [3.8, 4) is 17.2 Å². The number of methoxy groups -OCH3 is 4. The summed E-state index contributed by atoms with van der Waals surface area (Å²) in [5.74, 6) is -0.151. The van der Waals surface area contributed by atoms with Gasteiger partial charge < -0.3 is 58.3 Å². The predicted molar refractivity (Wildman–Crippen MR) is 189 cm³/mol. The van der Waals surface area contributed by atoms with E-state index in [1.165, 1.54) is 30.1 Å². The summed E-state index contributed by atoms with van der Waals surface area (Å²) in [6.07, 6.45) is 5.51. The molecule has 280 valence electrons. The van der Waals surface area contributed by atoms with E-state index in [1.807, 2.05) is 0 Å². The Bertz CT molecular complexity index is 1260. The second-order valence-electron chi connectivity index (χ2n) is 10.3. The van der Waals surface area contributed by atoms with Gasteiger partial charge in [-0.25, -0.2) is 0 Å². The molecule has 0 atom stereocenters. The first-order chi connectivity index (χ1) is 24.2. The summed E-state index contributed by atoms with van der Waals surface area (Å²) < 4.78 is 35.9. The fraction of sp³-hybridized carbons (Fsp3) is 0.514. The van der Waals surface area contributed by atoms with E-state index < -0.39 is 11.9 Å². The number of hydrogen-bond donors (Lipinski definition) is 1. The number of carbonyl (C=O) groups excluding carboxylic acids is 5. The molecule has 0 amide bonds. The van der Waals surface area contributed by atoms with Gasteiger partial charge in [0, 0.05) is 34.5 Å². The summed E-state index contributed by atoms with van der Waals surface area (Å²) in [7, 11) is 9.00. The highest BCUT2D eigenvalue weighted by atomic mass is 16.5. The number of unbranched alkanes of at least 4 members (excludes halogenated alkanes) is 3. The molecule has 0 unspecified atom stereocenters. The normalized spacial score (nSPS) is 9.82. The number of ether oxygens (including phenoxy) is 7. The van der Waals surface area contributed by atoms with Gasteiger partial charge in [-0.15, -0.1) is 0 Å². The van der Waals surface area contributed by atoms with Crippen LogP contribution in [0.1, 0.15) is 36.0 Å². The van der Waals surface area contributed by atoms with Gasteiger partial charge in [0.2, 0.25) is 0 Å². The molecule has 15 heteroatoms. The van der Waals surface area contributed by atoms with Crippen LogP contribution in [-0.4, -0.2) is 126 Å². The molecule has 0 aliphatic rings. The standard InChI is InChI=1S/C31H41N3O10.2C2H6O/c1-40-30(38)21-33(12-14-35)25-9-5-6-10-27(25)43-17-18-44-29-20-28(42-16-8-4-3-7-11-32)24(23-37)19-26(29)34(13-15-36)22-31(39)41-2;2*1-3-2/h5-6,9-10,14-15,19-20,23H,3-4,7-8,11-13,16-18,21-22,32H2,1-2H3;2*1-2H3. The molecule has 0 aromatic heterocycles. The van der Waals surface area contributed by atoms with E-state index in [9.17, 15) is 24.0 Å². The lowest BCUT2D eigenvalue weighted by Crippen LogP contribution is -2.33. The quantitative estimate of drug-likeness (QED) is 0.101. The zero-order valence-corrected chi connectivity index (χ0v) is 30.1. The smallest absolute Gasteiger partial charge is 0.325 e. The second kappa shape index (κ2) is 29.2. The molecule has 0 aliphatic heterocycles. The van der Waals surface area contributed by atoms with Gasteiger partial charge in [-0.05, 0) is 37.6 Å². The van der Waals surface area contributed by atoms with Gasteiger partial charge in [0.25, 0.3) is 0 Å². The minimum atomic E-state index is -0.588. The van der Waals surface area contributed by atoms with Crippen molar-refractivity contribution in [1.29, 1.82) is 0 Å². The lowest BCUT2D eigenvalue weighted by Gasteiger charge is -2.25. The van der Waals surface area contributed by atoms with Gasteiger partial charge in [-0.1, -0.05) is 25.0 Å². The third-order valence-electron chi connectivity index (χ3n) is 6.40. The van der Waals surface area contributed by atoms with Crippen molar-refractivity contribution in [2.24, 2.45) is 5.73 Å². The first-order valence-corrected chi connectivity index (χ1v) is 15.9. The van der Waals surface area contributed by atoms with Crippen LogP contribution in [0.2, 0.25) is 0 Å². The summed E-state index contributed by atoms with van der Waals surface area (Å²) in [5.41, 5.74) is 6.60. The number of nitrogens with zero attached hydrogens (tertiary/aromatic N) is 2. The van der Waals surface area contributed by atoms with Gasteiger partial charge in [0.15, 0.2) is 6.29 Å². The molecule has 0 bridgehead atoms. The van der Waals surface area contributed by atoms with Crippen LogP contribution >= 0.6 is 0 Å². The third-order valence-corrected chi connectivity index (χ3v) is 6.40. The highest BCUT2D eigenvalue weighted by Crippen LogP contribution is 2.36. The van der Waals surface area contributed by atoms with E-state index in [4.69, 9.17) is 29.4 Å². The summed E-state index contributed by atoms with van der Waals surface area (Å²) in [6.45, 7) is 0.416. The largest absolute Gasteiger partial charge is 0.493 e. The zero-order valence-electron chi connectivity index (χ0n) is 30.1. The number of esters is 2. The molecule has 50 heavy (non-hydrogen) atoms. The van der Waals surface area contributed by atoms with Gasteiger partial charge >= 0.3 is 11.9 Å². The molecule has 0 saturated carbocycles. The van der Waals surface area contributed by atoms with E-state index >= 15 is 0 Å². The number of rotatable bonds is 23. The van der Waals surface area contributed by atoms with Crippen LogP contribution in [0.4, 0.5) is 11.4 Å². The zero-order chi connectivity index (χ0) is 37.6. The van der Waals surface area contributed by atoms with E-state index in [0.29, 0.717) is 54.9 Å². The van der Waals surface area contributed by atoms with Crippen molar-refractivity contribution in [2.75, 3.05) is 105 Å². The minimum absolute atomic E-state index is 0.0120. The average molecular weight is 708 g/mol. The van der Waals surface area contributed by atoms with E-state index in [-0.39, 0.29) is 50.7 Å². The fourth-order valence-corrected chi connectivity index (χ4v) is 4.19. The van der Waals surface area contributed by atoms with Crippen molar-refractivity contribution >= 4 is 42.2 Å². The molecule has 0 aliphatic carbocycles. The summed E-state index contributed by atoms with van der Waals surface area (Å²) in [5, 5.41) is 0. The summed E-state index contributed by atoms with van der Waals surface area (Å²) in [6, 6.07) is 9.94. The highest BCUT2D eigenvalue weighted by Gasteiger charge is 2.21. The van der Waals surface area contributed by atoms with Gasteiger partial charge in [-0.3, -0.25) is 14.4 Å². The SMILES string of the molecule is COC.COC.COC(=O)CN(CC=O)c1ccccc1OCCOc1cc(OCCCCCCN)c(C=O)cc1N(CC=O)CC(=O)OC. The third kappa shape index (κ3) is 18.1. The van der Waals surface area contributed by atoms with Gasteiger partial charge in [-0.2, -0.15) is 0 Å². The maximum absolute atomic E-state index is 12.1. The van der Waals surface area contributed by atoms with E-state index in [2.05, 4.69) is 9.47 Å². The number of nitrogens with two attached hydrogens (primary N) is 1. The van der Waals surface area contributed by atoms with Crippen molar-refractivity contribution in [3.63, 3.8) is 0 Å². The lowest BCUT2D eigenvalue weighted by molar-refractivity contribution is -0.139. The molecule has 0 heterocycles. The number of benzene rings is 2. The Labute approximate surface area is 294 Å². The van der Waals surface area contributed by atoms with E-state index in [0.717, 1.165) is 25.7 Å². The molecular weight excluding hydrogens is 654 g/mol. The Morgan fingerprint density at radius 1 is 0.640 bits per heavy atom. The summed E-state index contributed by atoms with van der Waals surface area (Å²) >= 11 is 0. The van der Waals surface area contributed by atoms with Crippen LogP contribution in [-0.2, 0) is 38.1 Å². The van der Waals surface area contributed by atoms with Crippen LogP contribution < -0.4 is 29.7 Å². The maximum Gasteiger partial charge on any atom is 0.325 e. The molecule has 2 aromatic carbocycles. The molecule has 0 radical (unpaired) electrons. The molecule has 2 rings (SSSR count). The monoisotopic (exact) mass is 707 g/mol. The van der Waals surface area contributed by atoms with Crippen molar-refractivity contribution in [2.45, 2.75) is 25.7 Å². The van der Waals surface area contributed by atoms with Crippen LogP contribution in [0.5, 0.6) is 17.2 Å². The predicted octanol–water partition coefficient (Wildman–Crippen LogP) is 2.74. The Morgan fingerprint density at radius 3 is 1.66 bits per heavy atom. The summed E-state index contributed by atoms with van der Waals surface area (Å²) in [4.78, 5) is 61.6. The van der Waals surface area contributed by atoms with Crippen molar-refractivity contribution in [3.05, 3.63) is 42.0 Å². The van der Waals surface area contributed by atoms with Crippen molar-refractivity contribution < 1.29 is 57.1 Å². The van der Waals surface area contributed by atoms with Crippen LogP contribution in [0.15, 0.2) is 36.4 Å². The highest BCUT2D eigenvalue weighted by molar-refractivity contribution is 5.86. The molecule has 15 nitrogen and oxygen atoms in total. The topological polar surface area (TPSA) is 182 Å². The Kier molecular flexibility index (Phi) is 26.4. The van der Waals surface area contributed by atoms with Gasteiger partial charge in [0.05, 0.1) is 50.9 Å². The first kappa shape index (κ1) is 45.3. The Morgan fingerprint density at radius 2 is 1.14 bits per heavy atom. The molecule has 2 aromatic rings. The van der Waals surface area contributed by atoms with Crippen LogP contribution in [0, 0.1) is 0 Å². The molecule has 0 fully saturated rings. The second-order valence-corrected chi connectivity index (χ2v) is 10.3. The van der Waals surface area contributed by atoms with Crippen LogP contribution in [0.3, 0.4) is 0 Å². The number of aldehydes is 3. The number of hydrogen-bond acceptors (Lipinski definition) is 15. The molecule has 0 saturated heterocycles. The maximum atomic E-state index is 12.1. The Balaban J connectivity index is 0.00000372. The first-order valence-electron chi connectivity index (χ1n) is 15.9. The molecular formula is C35H53N3O12. The number of carbonyl (C=O) groups is 5. The van der Waals surface area contributed by atoms with Gasteiger partial charge in [0.1, 0.15) is 56.1 Å². The average Bonchev–Trinajstić information content (AvgIpc) is 3.11. The fourth-order valence-electron chi connectivity index (χ4n) is 4.19. The number of anilines is 2. The van der Waals surface area contributed by atoms with E-state index in [1.54, 1.807) is 58.8 Å². The molecule has 2 N–H and O–H groups in total. The molecule has 0 spiro atoms. The lowest BCUT2D eigenvalue weighted by atomic mass is 10.1.